The smallest absolute Gasteiger partial charge is 0.00931 e. The van der Waals surface area contributed by atoms with Crippen molar-refractivity contribution in [2.75, 3.05) is 6.26 Å². The van der Waals surface area contributed by atoms with E-state index in [2.05, 4.69) is 37.1 Å². The number of benzene rings is 1. The number of thiol groups is 1. The van der Waals surface area contributed by atoms with Crippen LogP contribution >= 0.6 is 10.9 Å². The van der Waals surface area contributed by atoms with Gasteiger partial charge in [0.1, 0.15) is 0 Å². The highest BCUT2D eigenvalue weighted by atomic mass is 32.2. The van der Waals surface area contributed by atoms with E-state index in [1.165, 1.54) is 4.90 Å². The van der Waals surface area contributed by atoms with Gasteiger partial charge in [-0.25, -0.2) is 10.9 Å². The molecule has 0 heterocycles. The lowest BCUT2D eigenvalue weighted by Gasteiger charge is -2.08. The van der Waals surface area contributed by atoms with Crippen molar-refractivity contribution in [2.24, 2.45) is 0 Å². The molecule has 0 aromatic heterocycles. The van der Waals surface area contributed by atoms with Crippen LogP contribution in [0, 0.1) is 0 Å². The van der Waals surface area contributed by atoms with Crippen LogP contribution in [0.25, 0.3) is 0 Å². The van der Waals surface area contributed by atoms with Gasteiger partial charge in [-0.2, -0.15) is 0 Å². The second-order valence-corrected chi connectivity index (χ2v) is 4.23. The van der Waals surface area contributed by atoms with Crippen LogP contribution in [-0.4, -0.2) is 6.26 Å². The van der Waals surface area contributed by atoms with E-state index in [1.54, 1.807) is 0 Å². The van der Waals surface area contributed by atoms with E-state index in [1.807, 2.05) is 11.5 Å². The van der Waals surface area contributed by atoms with Gasteiger partial charge in [0.25, 0.3) is 0 Å². The van der Waals surface area contributed by atoms with Crippen molar-refractivity contribution >= 4 is 10.9 Å². The highest BCUT2D eigenvalue weighted by Crippen LogP contribution is 2.31. The molecular formula is C9H12S. The summed E-state index contributed by atoms with van der Waals surface area (Å²) in [6.45, 7) is 3.77. The Labute approximate surface area is 64.9 Å². The molecule has 0 saturated heterocycles. The van der Waals surface area contributed by atoms with Crippen LogP contribution in [0.5, 0.6) is 0 Å². The third kappa shape index (κ3) is 1.64. The summed E-state index contributed by atoms with van der Waals surface area (Å²) in [4.78, 5) is 1.40. The van der Waals surface area contributed by atoms with Crippen LogP contribution in [0.1, 0.15) is 0 Å². The van der Waals surface area contributed by atoms with Crippen LogP contribution in [0.15, 0.2) is 47.2 Å². The van der Waals surface area contributed by atoms with Crippen molar-refractivity contribution in [3.05, 3.63) is 42.3 Å². The molecule has 0 radical (unpaired) electrons. The fourth-order valence-electron chi connectivity index (χ4n) is 0.769. The third-order valence-corrected chi connectivity index (χ3v) is 3.10. The van der Waals surface area contributed by atoms with Gasteiger partial charge in [0.15, 0.2) is 0 Å². The Bertz CT molecular complexity index is 203. The Morgan fingerprint density at radius 1 is 1.30 bits per heavy atom. The van der Waals surface area contributed by atoms with Gasteiger partial charge in [-0.05, 0) is 11.2 Å². The largest absolute Gasteiger partial charge is 0.210 e. The molecule has 0 nitrogen and oxygen atoms in total. The van der Waals surface area contributed by atoms with E-state index in [4.69, 9.17) is 0 Å². The molecule has 0 bridgehead atoms. The molecule has 0 fully saturated rings. The first-order valence-corrected chi connectivity index (χ1v) is 5.11. The second kappa shape index (κ2) is 3.47. The van der Waals surface area contributed by atoms with E-state index in [0.29, 0.717) is 0 Å². The highest BCUT2D eigenvalue weighted by molar-refractivity contribution is 8.19. The van der Waals surface area contributed by atoms with Gasteiger partial charge in [0.05, 0.1) is 0 Å². The van der Waals surface area contributed by atoms with Crippen molar-refractivity contribution < 1.29 is 0 Å². The summed E-state index contributed by atoms with van der Waals surface area (Å²) in [6, 6.07) is 10.5. The lowest BCUT2D eigenvalue weighted by molar-refractivity contribution is 1.46. The summed E-state index contributed by atoms with van der Waals surface area (Å²) in [5, 5.41) is 2.02. The van der Waals surface area contributed by atoms with Crippen LogP contribution in [0.4, 0.5) is 0 Å². The first-order valence-electron chi connectivity index (χ1n) is 3.25. The SMILES string of the molecule is C=C[SH](C)c1ccccc1. The molecule has 0 amide bonds. The molecule has 0 aliphatic carbocycles. The average molecular weight is 152 g/mol. The summed E-state index contributed by atoms with van der Waals surface area (Å²) in [7, 11) is -0.110. The van der Waals surface area contributed by atoms with Crippen molar-refractivity contribution in [2.45, 2.75) is 4.90 Å². The molecule has 1 atom stereocenters. The Hall–Kier alpha value is -0.690. The van der Waals surface area contributed by atoms with Crippen LogP contribution < -0.4 is 0 Å². The van der Waals surface area contributed by atoms with Gasteiger partial charge >= 0.3 is 0 Å². The minimum absolute atomic E-state index is 0.110. The van der Waals surface area contributed by atoms with Crippen molar-refractivity contribution in [1.82, 2.24) is 0 Å². The molecule has 10 heavy (non-hydrogen) atoms. The summed E-state index contributed by atoms with van der Waals surface area (Å²) in [5.74, 6) is 0. The fourth-order valence-corrected chi connectivity index (χ4v) is 1.62. The minimum Gasteiger partial charge on any atom is -0.210 e. The third-order valence-electron chi connectivity index (χ3n) is 1.44. The molecule has 0 spiro atoms. The predicted molar refractivity (Wildman–Crippen MR) is 49.8 cm³/mol. The zero-order valence-corrected chi connectivity index (χ0v) is 7.01. The Morgan fingerprint density at radius 2 is 1.90 bits per heavy atom. The molecular weight excluding hydrogens is 140 g/mol. The van der Waals surface area contributed by atoms with Gasteiger partial charge in [-0.3, -0.25) is 0 Å². The van der Waals surface area contributed by atoms with E-state index >= 15 is 0 Å². The second-order valence-electron chi connectivity index (χ2n) is 2.13. The monoisotopic (exact) mass is 152 g/mol. The summed E-state index contributed by atoms with van der Waals surface area (Å²) in [5.41, 5.74) is 0. The number of rotatable bonds is 2. The maximum Gasteiger partial charge on any atom is -0.00931 e. The van der Waals surface area contributed by atoms with Crippen LogP contribution in [-0.2, 0) is 0 Å². The lowest BCUT2D eigenvalue weighted by atomic mass is 10.4. The van der Waals surface area contributed by atoms with Crippen LogP contribution in [0.3, 0.4) is 0 Å². The number of hydrogen-bond donors (Lipinski definition) is 1. The first kappa shape index (κ1) is 7.42. The highest BCUT2D eigenvalue weighted by Gasteiger charge is 1.91. The van der Waals surface area contributed by atoms with Crippen molar-refractivity contribution in [3.63, 3.8) is 0 Å². The molecule has 1 heteroatoms. The lowest BCUT2D eigenvalue weighted by Crippen LogP contribution is -1.73. The average Bonchev–Trinajstić information content (AvgIpc) is 2.05. The maximum absolute atomic E-state index is 3.77. The molecule has 0 saturated carbocycles. The molecule has 0 aliphatic heterocycles. The van der Waals surface area contributed by atoms with Crippen LogP contribution in [0.2, 0.25) is 0 Å². The van der Waals surface area contributed by atoms with E-state index in [-0.39, 0.29) is 10.9 Å². The Morgan fingerprint density at radius 3 is 2.40 bits per heavy atom. The molecule has 0 aliphatic rings. The van der Waals surface area contributed by atoms with E-state index in [9.17, 15) is 0 Å². The topological polar surface area (TPSA) is 0 Å². The molecule has 1 aromatic carbocycles. The van der Waals surface area contributed by atoms with E-state index < -0.39 is 0 Å². The molecule has 1 rings (SSSR count). The van der Waals surface area contributed by atoms with E-state index in [0.717, 1.165) is 0 Å². The quantitative estimate of drug-likeness (QED) is 0.619. The minimum atomic E-state index is -0.110. The van der Waals surface area contributed by atoms with Crippen molar-refractivity contribution in [3.8, 4) is 0 Å². The Kier molecular flexibility index (Phi) is 2.57. The van der Waals surface area contributed by atoms with Gasteiger partial charge in [0.2, 0.25) is 0 Å². The van der Waals surface area contributed by atoms with Gasteiger partial charge < -0.3 is 0 Å². The molecule has 1 aromatic rings. The molecule has 0 N–H and O–H groups in total. The summed E-state index contributed by atoms with van der Waals surface area (Å²) >= 11 is 0. The van der Waals surface area contributed by atoms with Gasteiger partial charge in [0, 0.05) is 0 Å². The zero-order chi connectivity index (χ0) is 7.40. The number of hydrogen-bond acceptors (Lipinski definition) is 0. The molecule has 54 valence electrons. The first-order chi connectivity index (χ1) is 4.84. The normalized spacial score (nSPS) is 14.3. The molecule has 1 unspecified atom stereocenters. The van der Waals surface area contributed by atoms with Gasteiger partial charge in [-0.15, -0.1) is 0 Å². The predicted octanol–water partition coefficient (Wildman–Crippen LogP) is 2.82. The maximum atomic E-state index is 3.77. The Balaban J connectivity index is 2.84. The van der Waals surface area contributed by atoms with Gasteiger partial charge in [-0.1, -0.05) is 42.3 Å². The standard InChI is InChI=1S/C9H12S/c1-3-10(2)9-7-5-4-6-8-9/h3-8,10H,1H2,2H3. The fraction of sp³-hybridized carbons (Fsp3) is 0.111. The summed E-state index contributed by atoms with van der Waals surface area (Å²) in [6.07, 6.45) is 2.21. The zero-order valence-electron chi connectivity index (χ0n) is 6.12. The summed E-state index contributed by atoms with van der Waals surface area (Å²) < 4.78 is 0. The van der Waals surface area contributed by atoms with Crippen molar-refractivity contribution in [1.29, 1.82) is 0 Å².